The Bertz CT molecular complexity index is 1420. The molecule has 3 aromatic rings. The molecule has 0 aliphatic heterocycles. The smallest absolute Gasteiger partial charge is 0.264 e. The largest absolute Gasteiger partial charge is 0.354 e. The molecule has 3 aromatic carbocycles. The van der Waals surface area contributed by atoms with Crippen molar-refractivity contribution in [3.63, 3.8) is 0 Å². The van der Waals surface area contributed by atoms with Gasteiger partial charge in [0.2, 0.25) is 11.8 Å². The second kappa shape index (κ2) is 13.8. The Labute approximate surface area is 243 Å². The SMILES string of the molecule is CCC(C(=O)NCC(C)C)N(Cc1ccccc1Cl)C(=O)CN(c1ccccc1C)S(=O)(=O)c1ccc(C)cc1. The highest BCUT2D eigenvalue weighted by atomic mass is 35.5. The fourth-order valence-electron chi connectivity index (χ4n) is 4.35. The first-order valence-corrected chi connectivity index (χ1v) is 15.2. The van der Waals surface area contributed by atoms with Crippen LogP contribution in [0.1, 0.15) is 43.9 Å². The molecule has 0 radical (unpaired) electrons. The summed E-state index contributed by atoms with van der Waals surface area (Å²) >= 11 is 6.45. The van der Waals surface area contributed by atoms with Crippen LogP contribution >= 0.6 is 11.6 Å². The first-order chi connectivity index (χ1) is 18.9. The van der Waals surface area contributed by atoms with E-state index in [4.69, 9.17) is 11.6 Å². The molecular formula is C31H38ClN3O4S. The van der Waals surface area contributed by atoms with Gasteiger partial charge in [0.05, 0.1) is 10.6 Å². The number of rotatable bonds is 12. The first kappa shape index (κ1) is 31.2. The van der Waals surface area contributed by atoms with Crippen LogP contribution in [0.3, 0.4) is 0 Å². The third-order valence-electron chi connectivity index (χ3n) is 6.64. The maximum absolute atomic E-state index is 14.1. The van der Waals surface area contributed by atoms with Crippen LogP contribution in [0.2, 0.25) is 5.02 Å². The molecule has 0 aromatic heterocycles. The Kier molecular flexibility index (Phi) is 10.8. The predicted octanol–water partition coefficient (Wildman–Crippen LogP) is 5.73. The van der Waals surface area contributed by atoms with E-state index in [-0.39, 0.29) is 23.3 Å². The van der Waals surface area contributed by atoms with Crippen molar-refractivity contribution in [2.75, 3.05) is 17.4 Å². The minimum absolute atomic E-state index is 0.0539. The lowest BCUT2D eigenvalue weighted by Crippen LogP contribution is -2.52. The fraction of sp³-hybridized carbons (Fsp3) is 0.355. The third kappa shape index (κ3) is 7.64. The molecule has 0 aliphatic carbocycles. The fourth-order valence-corrected chi connectivity index (χ4v) is 6.02. The van der Waals surface area contributed by atoms with Gasteiger partial charge in [0.15, 0.2) is 0 Å². The van der Waals surface area contributed by atoms with Crippen LogP contribution < -0.4 is 9.62 Å². The minimum Gasteiger partial charge on any atom is -0.354 e. The Morgan fingerprint density at radius 2 is 1.55 bits per heavy atom. The van der Waals surface area contributed by atoms with Gasteiger partial charge in [0.25, 0.3) is 10.0 Å². The molecule has 7 nitrogen and oxygen atoms in total. The van der Waals surface area contributed by atoms with Crippen LogP contribution in [0, 0.1) is 19.8 Å². The molecule has 1 unspecified atom stereocenters. The first-order valence-electron chi connectivity index (χ1n) is 13.4. The van der Waals surface area contributed by atoms with Gasteiger partial charge in [-0.2, -0.15) is 0 Å². The summed E-state index contributed by atoms with van der Waals surface area (Å²) in [6.07, 6.45) is 0.342. The van der Waals surface area contributed by atoms with Crippen molar-refractivity contribution in [3.05, 3.63) is 94.5 Å². The van der Waals surface area contributed by atoms with Crippen molar-refractivity contribution < 1.29 is 18.0 Å². The van der Waals surface area contributed by atoms with E-state index in [1.165, 1.54) is 17.0 Å². The molecular weight excluding hydrogens is 546 g/mol. The van der Waals surface area contributed by atoms with Crippen molar-refractivity contribution in [1.82, 2.24) is 10.2 Å². The Balaban J connectivity index is 2.07. The topological polar surface area (TPSA) is 86.8 Å². The molecule has 1 atom stereocenters. The van der Waals surface area contributed by atoms with Gasteiger partial charge in [-0.15, -0.1) is 0 Å². The van der Waals surface area contributed by atoms with E-state index in [0.29, 0.717) is 34.8 Å². The molecule has 1 N–H and O–H groups in total. The van der Waals surface area contributed by atoms with Crippen molar-refractivity contribution >= 4 is 39.1 Å². The molecule has 214 valence electrons. The zero-order valence-electron chi connectivity index (χ0n) is 23.7. The van der Waals surface area contributed by atoms with Crippen molar-refractivity contribution in [1.29, 1.82) is 0 Å². The summed E-state index contributed by atoms with van der Waals surface area (Å²) in [5.41, 5.74) is 2.68. The highest BCUT2D eigenvalue weighted by Gasteiger charge is 2.34. The van der Waals surface area contributed by atoms with Gasteiger partial charge in [-0.05, 0) is 61.6 Å². The van der Waals surface area contributed by atoms with Crippen LogP contribution in [0.5, 0.6) is 0 Å². The van der Waals surface area contributed by atoms with Crippen molar-refractivity contribution in [2.24, 2.45) is 5.92 Å². The van der Waals surface area contributed by atoms with Gasteiger partial charge in [0.1, 0.15) is 12.6 Å². The highest BCUT2D eigenvalue weighted by molar-refractivity contribution is 7.92. The summed E-state index contributed by atoms with van der Waals surface area (Å²) in [6, 6.07) is 19.9. The number of amides is 2. The molecule has 0 bridgehead atoms. The average Bonchev–Trinajstić information content (AvgIpc) is 2.92. The minimum atomic E-state index is -4.12. The summed E-state index contributed by atoms with van der Waals surface area (Å²) in [5.74, 6) is -0.573. The lowest BCUT2D eigenvalue weighted by Gasteiger charge is -2.34. The summed E-state index contributed by atoms with van der Waals surface area (Å²) in [4.78, 5) is 28.9. The summed E-state index contributed by atoms with van der Waals surface area (Å²) in [6.45, 7) is 9.51. The summed E-state index contributed by atoms with van der Waals surface area (Å²) in [5, 5.41) is 3.39. The zero-order chi connectivity index (χ0) is 29.4. The monoisotopic (exact) mass is 583 g/mol. The lowest BCUT2D eigenvalue weighted by molar-refractivity contribution is -0.140. The number of halogens is 1. The number of hydrogen-bond donors (Lipinski definition) is 1. The van der Waals surface area contributed by atoms with E-state index in [2.05, 4.69) is 5.32 Å². The summed E-state index contributed by atoms with van der Waals surface area (Å²) < 4.78 is 29.1. The zero-order valence-corrected chi connectivity index (χ0v) is 25.3. The third-order valence-corrected chi connectivity index (χ3v) is 8.78. The van der Waals surface area contributed by atoms with Crippen LogP contribution in [0.4, 0.5) is 5.69 Å². The van der Waals surface area contributed by atoms with E-state index >= 15 is 0 Å². The number of nitrogens with zero attached hydrogens (tertiary/aromatic N) is 2. The number of aryl methyl sites for hydroxylation is 2. The van der Waals surface area contributed by atoms with E-state index in [1.54, 1.807) is 55.5 Å². The van der Waals surface area contributed by atoms with E-state index in [0.717, 1.165) is 9.87 Å². The molecule has 2 amide bonds. The number of nitrogens with one attached hydrogen (secondary N) is 1. The van der Waals surface area contributed by atoms with Gasteiger partial charge in [-0.3, -0.25) is 13.9 Å². The van der Waals surface area contributed by atoms with Crippen LogP contribution in [-0.2, 0) is 26.2 Å². The van der Waals surface area contributed by atoms with Crippen LogP contribution in [0.25, 0.3) is 0 Å². The number of carbonyl (C=O) groups is 2. The molecule has 9 heteroatoms. The molecule has 0 aliphatic rings. The Hall–Kier alpha value is -3.36. The molecule has 0 spiro atoms. The van der Waals surface area contributed by atoms with Gasteiger partial charge >= 0.3 is 0 Å². The van der Waals surface area contributed by atoms with E-state index in [1.807, 2.05) is 39.8 Å². The summed E-state index contributed by atoms with van der Waals surface area (Å²) in [7, 11) is -4.12. The number of para-hydroxylation sites is 1. The molecule has 0 heterocycles. The predicted molar refractivity (Wildman–Crippen MR) is 161 cm³/mol. The van der Waals surface area contributed by atoms with Crippen LogP contribution in [0.15, 0.2) is 77.7 Å². The molecule has 3 rings (SSSR count). The normalized spacial score (nSPS) is 12.2. The number of hydrogen-bond acceptors (Lipinski definition) is 4. The maximum Gasteiger partial charge on any atom is 0.264 e. The molecule has 0 saturated heterocycles. The standard InChI is InChI=1S/C31H38ClN3O4S/c1-6-28(31(37)33-19-22(2)3)34(20-25-12-8-9-13-27(25)32)30(36)21-35(29-14-10-7-11-24(29)5)40(38,39)26-17-15-23(4)16-18-26/h7-18,22,28H,6,19-21H2,1-5H3,(H,33,37). The number of sulfonamides is 1. The molecule has 40 heavy (non-hydrogen) atoms. The lowest BCUT2D eigenvalue weighted by atomic mass is 10.1. The van der Waals surface area contributed by atoms with Crippen molar-refractivity contribution in [3.8, 4) is 0 Å². The quantitative estimate of drug-likeness (QED) is 0.295. The van der Waals surface area contributed by atoms with E-state index < -0.39 is 28.5 Å². The van der Waals surface area contributed by atoms with Gasteiger partial charge in [0, 0.05) is 18.1 Å². The molecule has 0 saturated carbocycles. The molecule has 0 fully saturated rings. The van der Waals surface area contributed by atoms with Gasteiger partial charge in [-0.25, -0.2) is 8.42 Å². The van der Waals surface area contributed by atoms with Gasteiger partial charge < -0.3 is 10.2 Å². The van der Waals surface area contributed by atoms with Crippen LogP contribution in [-0.4, -0.2) is 44.3 Å². The Morgan fingerprint density at radius 1 is 0.925 bits per heavy atom. The van der Waals surface area contributed by atoms with Gasteiger partial charge in [-0.1, -0.05) is 86.5 Å². The average molecular weight is 584 g/mol. The van der Waals surface area contributed by atoms with E-state index in [9.17, 15) is 18.0 Å². The second-order valence-electron chi connectivity index (χ2n) is 10.3. The number of carbonyl (C=O) groups excluding carboxylic acids is 2. The number of benzene rings is 3. The maximum atomic E-state index is 14.1. The Morgan fingerprint density at radius 3 is 2.15 bits per heavy atom. The highest BCUT2D eigenvalue weighted by Crippen LogP contribution is 2.28. The van der Waals surface area contributed by atoms with Crippen molar-refractivity contribution in [2.45, 2.75) is 58.5 Å². The second-order valence-corrected chi connectivity index (χ2v) is 12.6. The number of anilines is 1.